The Hall–Kier alpha value is -3.18. The Labute approximate surface area is 194 Å². The molecule has 1 saturated heterocycles. The van der Waals surface area contributed by atoms with E-state index in [1.807, 2.05) is 24.4 Å². The largest absolute Gasteiger partial charge is 0.497 e. The second-order valence-electron chi connectivity index (χ2n) is 8.85. The first kappa shape index (κ1) is 21.7. The molecule has 0 spiro atoms. The first-order valence-electron chi connectivity index (χ1n) is 11.7. The van der Waals surface area contributed by atoms with E-state index < -0.39 is 0 Å². The van der Waals surface area contributed by atoms with Crippen LogP contribution in [-0.2, 0) is 19.5 Å². The maximum absolute atomic E-state index is 13.8. The molecule has 1 aliphatic heterocycles. The van der Waals surface area contributed by atoms with Gasteiger partial charge in [0.1, 0.15) is 11.6 Å². The van der Waals surface area contributed by atoms with Crippen molar-refractivity contribution < 1.29 is 9.13 Å². The monoisotopic (exact) mass is 443 g/mol. The molecule has 4 nitrogen and oxygen atoms in total. The first-order chi connectivity index (χ1) is 16.1. The molecule has 0 bridgehead atoms. The molecule has 0 saturated carbocycles. The molecule has 0 unspecified atom stereocenters. The molecule has 0 radical (unpaired) electrons. The standard InChI is InChI=1S/C28H30FN3O/c1-3-31-18-22(25-11-10-23(29)16-28(25)31)19-32-13-5-8-27(32)26-12-9-21(17-30-26)14-20-6-4-7-24(15-20)33-2/h4,6-7,9-12,15-18,27H,3,5,8,13-14,19H2,1-2H3/t27-/m1/s1. The topological polar surface area (TPSA) is 30.3 Å². The summed E-state index contributed by atoms with van der Waals surface area (Å²) in [6.07, 6.45) is 7.31. The van der Waals surface area contributed by atoms with E-state index in [-0.39, 0.29) is 5.82 Å². The van der Waals surface area contributed by atoms with Crippen LogP contribution >= 0.6 is 0 Å². The summed E-state index contributed by atoms with van der Waals surface area (Å²) in [6, 6.07) is 18.0. The van der Waals surface area contributed by atoms with Crippen molar-refractivity contribution in [1.82, 2.24) is 14.5 Å². The highest BCUT2D eigenvalue weighted by molar-refractivity contribution is 5.84. The summed E-state index contributed by atoms with van der Waals surface area (Å²) in [5.41, 5.74) is 5.78. The molecule has 5 rings (SSSR count). The SMILES string of the molecule is CCn1cc(CN2CCC[C@@H]2c2ccc(Cc3cccc(OC)c3)cn2)c2ccc(F)cc21. The Morgan fingerprint density at radius 2 is 2.00 bits per heavy atom. The number of ether oxygens (including phenoxy) is 1. The molecule has 170 valence electrons. The van der Waals surface area contributed by atoms with Gasteiger partial charge in [0, 0.05) is 30.9 Å². The molecule has 1 fully saturated rings. The quantitative estimate of drug-likeness (QED) is 0.344. The number of aryl methyl sites for hydroxylation is 1. The molecule has 0 amide bonds. The average molecular weight is 444 g/mol. The van der Waals surface area contributed by atoms with Gasteiger partial charge in [-0.05, 0) is 85.8 Å². The van der Waals surface area contributed by atoms with Gasteiger partial charge in [-0.3, -0.25) is 9.88 Å². The number of methoxy groups -OCH3 is 1. The van der Waals surface area contributed by atoms with Crippen LogP contribution in [0.25, 0.3) is 10.9 Å². The van der Waals surface area contributed by atoms with Crippen molar-refractivity contribution in [2.24, 2.45) is 0 Å². The molecule has 33 heavy (non-hydrogen) atoms. The summed E-state index contributed by atoms with van der Waals surface area (Å²) in [5.74, 6) is 0.699. The number of likely N-dealkylation sites (tertiary alicyclic amines) is 1. The number of aromatic nitrogens is 2. The average Bonchev–Trinajstić information content (AvgIpc) is 3.44. The number of fused-ring (bicyclic) bond motifs is 1. The summed E-state index contributed by atoms with van der Waals surface area (Å²) in [4.78, 5) is 7.37. The van der Waals surface area contributed by atoms with E-state index in [4.69, 9.17) is 9.72 Å². The zero-order valence-corrected chi connectivity index (χ0v) is 19.3. The smallest absolute Gasteiger partial charge is 0.125 e. The number of pyridine rings is 1. The Balaban J connectivity index is 1.33. The van der Waals surface area contributed by atoms with E-state index >= 15 is 0 Å². The molecular formula is C28H30FN3O. The second kappa shape index (κ2) is 9.36. The van der Waals surface area contributed by atoms with Crippen molar-refractivity contribution in [3.8, 4) is 5.75 Å². The molecule has 2 aromatic heterocycles. The third-order valence-corrected chi connectivity index (χ3v) is 6.74. The molecule has 1 atom stereocenters. The summed E-state index contributed by atoms with van der Waals surface area (Å²) >= 11 is 0. The minimum atomic E-state index is -0.181. The lowest BCUT2D eigenvalue weighted by Crippen LogP contribution is -2.23. The zero-order valence-electron chi connectivity index (χ0n) is 19.3. The Kier molecular flexibility index (Phi) is 6.14. The number of hydrogen-bond acceptors (Lipinski definition) is 3. The second-order valence-corrected chi connectivity index (χ2v) is 8.85. The highest BCUT2D eigenvalue weighted by atomic mass is 19.1. The van der Waals surface area contributed by atoms with Gasteiger partial charge in [-0.25, -0.2) is 4.39 Å². The van der Waals surface area contributed by atoms with Gasteiger partial charge in [0.2, 0.25) is 0 Å². The Morgan fingerprint density at radius 3 is 2.79 bits per heavy atom. The van der Waals surface area contributed by atoms with Crippen molar-refractivity contribution in [2.75, 3.05) is 13.7 Å². The van der Waals surface area contributed by atoms with Gasteiger partial charge < -0.3 is 9.30 Å². The van der Waals surface area contributed by atoms with Crippen LogP contribution in [0.2, 0.25) is 0 Å². The van der Waals surface area contributed by atoms with E-state index in [9.17, 15) is 4.39 Å². The van der Waals surface area contributed by atoms with Crippen LogP contribution in [0, 0.1) is 5.82 Å². The maximum Gasteiger partial charge on any atom is 0.125 e. The van der Waals surface area contributed by atoms with Gasteiger partial charge in [-0.1, -0.05) is 18.2 Å². The van der Waals surface area contributed by atoms with E-state index in [0.29, 0.717) is 6.04 Å². The van der Waals surface area contributed by atoms with Crippen LogP contribution in [0.1, 0.15) is 48.2 Å². The fourth-order valence-corrected chi connectivity index (χ4v) is 5.05. The first-order valence-corrected chi connectivity index (χ1v) is 11.7. The number of halogens is 1. The summed E-state index contributed by atoms with van der Waals surface area (Å²) in [6.45, 7) is 4.84. The predicted octanol–water partition coefficient (Wildman–Crippen LogP) is 6.13. The van der Waals surface area contributed by atoms with Gasteiger partial charge in [-0.15, -0.1) is 0 Å². The van der Waals surface area contributed by atoms with Gasteiger partial charge in [0.15, 0.2) is 0 Å². The zero-order chi connectivity index (χ0) is 22.8. The van der Waals surface area contributed by atoms with Gasteiger partial charge in [0.05, 0.1) is 24.4 Å². The summed E-state index contributed by atoms with van der Waals surface area (Å²) in [5, 5.41) is 1.14. The van der Waals surface area contributed by atoms with Crippen molar-refractivity contribution in [1.29, 1.82) is 0 Å². The number of hydrogen-bond donors (Lipinski definition) is 0. The van der Waals surface area contributed by atoms with Crippen LogP contribution in [0.3, 0.4) is 0 Å². The fourth-order valence-electron chi connectivity index (χ4n) is 5.05. The van der Waals surface area contributed by atoms with E-state index in [2.05, 4.69) is 46.9 Å². The molecule has 0 N–H and O–H groups in total. The highest BCUT2D eigenvalue weighted by Crippen LogP contribution is 2.34. The van der Waals surface area contributed by atoms with E-state index in [0.717, 1.165) is 54.8 Å². The minimum Gasteiger partial charge on any atom is -0.497 e. The Bertz CT molecular complexity index is 1250. The molecule has 5 heteroatoms. The lowest BCUT2D eigenvalue weighted by molar-refractivity contribution is 0.245. The number of benzene rings is 2. The lowest BCUT2D eigenvalue weighted by atomic mass is 10.0. The normalized spacial score (nSPS) is 16.5. The van der Waals surface area contributed by atoms with E-state index in [1.54, 1.807) is 19.2 Å². The molecule has 1 aliphatic rings. The molecule has 4 aromatic rings. The fraction of sp³-hybridized carbons (Fsp3) is 0.321. The van der Waals surface area contributed by atoms with Crippen molar-refractivity contribution in [2.45, 2.75) is 45.3 Å². The predicted molar refractivity (Wildman–Crippen MR) is 130 cm³/mol. The number of nitrogens with zero attached hydrogens (tertiary/aromatic N) is 3. The van der Waals surface area contributed by atoms with E-state index in [1.165, 1.54) is 23.1 Å². The van der Waals surface area contributed by atoms with Crippen molar-refractivity contribution >= 4 is 10.9 Å². The van der Waals surface area contributed by atoms with Crippen LogP contribution in [0.5, 0.6) is 5.75 Å². The van der Waals surface area contributed by atoms with Gasteiger partial charge >= 0.3 is 0 Å². The van der Waals surface area contributed by atoms with Crippen LogP contribution in [0.15, 0.2) is 67.0 Å². The third kappa shape index (κ3) is 4.51. The van der Waals surface area contributed by atoms with Crippen molar-refractivity contribution in [3.63, 3.8) is 0 Å². The van der Waals surface area contributed by atoms with Crippen LogP contribution in [0.4, 0.5) is 4.39 Å². The Morgan fingerprint density at radius 1 is 1.09 bits per heavy atom. The van der Waals surface area contributed by atoms with Gasteiger partial charge in [-0.2, -0.15) is 0 Å². The van der Waals surface area contributed by atoms with Crippen LogP contribution in [-0.4, -0.2) is 28.1 Å². The molecule has 3 heterocycles. The van der Waals surface area contributed by atoms with Crippen LogP contribution < -0.4 is 4.74 Å². The molecule has 0 aliphatic carbocycles. The summed E-state index contributed by atoms with van der Waals surface area (Å²) < 4.78 is 21.3. The minimum absolute atomic E-state index is 0.181. The number of rotatable bonds is 7. The lowest BCUT2D eigenvalue weighted by Gasteiger charge is -2.24. The van der Waals surface area contributed by atoms with Gasteiger partial charge in [0.25, 0.3) is 0 Å². The third-order valence-electron chi connectivity index (χ3n) is 6.74. The van der Waals surface area contributed by atoms with Crippen molar-refractivity contribution in [3.05, 3.63) is 95.2 Å². The molecule has 2 aromatic carbocycles. The maximum atomic E-state index is 13.8. The summed E-state index contributed by atoms with van der Waals surface area (Å²) in [7, 11) is 1.70. The highest BCUT2D eigenvalue weighted by Gasteiger charge is 2.28. The molecular weight excluding hydrogens is 413 g/mol.